The van der Waals surface area contributed by atoms with Crippen molar-refractivity contribution in [3.05, 3.63) is 29.3 Å². The molecule has 0 radical (unpaired) electrons. The minimum atomic E-state index is -1.02. The number of nitrogens with one attached hydrogen (secondary N) is 1. The zero-order chi connectivity index (χ0) is 19.3. The van der Waals surface area contributed by atoms with Gasteiger partial charge >= 0.3 is 5.97 Å². The molecule has 26 heavy (non-hydrogen) atoms. The van der Waals surface area contributed by atoms with E-state index in [2.05, 4.69) is 10.4 Å². The van der Waals surface area contributed by atoms with Gasteiger partial charge in [-0.05, 0) is 30.5 Å². The van der Waals surface area contributed by atoms with Crippen LogP contribution in [0.1, 0.15) is 42.1 Å². The number of hydrogen-bond acceptors (Lipinski definition) is 4. The van der Waals surface area contributed by atoms with Gasteiger partial charge in [-0.25, -0.2) is 5.01 Å². The van der Waals surface area contributed by atoms with Crippen molar-refractivity contribution < 1.29 is 19.5 Å². The first-order chi connectivity index (χ1) is 12.3. The van der Waals surface area contributed by atoms with Crippen LogP contribution in [-0.4, -0.2) is 40.4 Å². The van der Waals surface area contributed by atoms with Gasteiger partial charge in [0.25, 0.3) is 5.91 Å². The molecule has 0 aliphatic carbocycles. The summed E-state index contributed by atoms with van der Waals surface area (Å²) in [6.07, 6.45) is 1.69. The molecule has 140 valence electrons. The minimum Gasteiger partial charge on any atom is -0.481 e. The molecule has 2 rings (SSSR count). The molecule has 1 atom stereocenters. The maximum atomic E-state index is 12.7. The lowest BCUT2D eigenvalue weighted by Gasteiger charge is -2.24. The number of hydrazone groups is 1. The van der Waals surface area contributed by atoms with Crippen LogP contribution in [0.25, 0.3) is 0 Å². The van der Waals surface area contributed by atoms with Crippen LogP contribution in [0, 0.1) is 5.92 Å². The van der Waals surface area contributed by atoms with Gasteiger partial charge in [-0.2, -0.15) is 0 Å². The third kappa shape index (κ3) is 4.71. The molecule has 1 aromatic carbocycles. The highest BCUT2D eigenvalue weighted by atomic mass is 16.4. The number of benzene rings is 1. The summed E-state index contributed by atoms with van der Waals surface area (Å²) in [4.78, 5) is 35.6. The molecule has 0 bridgehead atoms. The van der Waals surface area contributed by atoms with Crippen LogP contribution in [-0.2, 0) is 16.0 Å². The number of carboxylic acid groups (broad SMARTS) is 1. The van der Waals surface area contributed by atoms with Crippen LogP contribution in [0.3, 0.4) is 0 Å². The van der Waals surface area contributed by atoms with Crippen molar-refractivity contribution in [1.82, 2.24) is 5.01 Å². The number of fused-ring (bicyclic) bond motifs is 1. The molecule has 0 fully saturated rings. The van der Waals surface area contributed by atoms with Crippen LogP contribution in [0.5, 0.6) is 0 Å². The van der Waals surface area contributed by atoms with Crippen molar-refractivity contribution in [2.24, 2.45) is 22.5 Å². The van der Waals surface area contributed by atoms with Crippen LogP contribution in [0.4, 0.5) is 5.69 Å². The second-order valence-corrected chi connectivity index (χ2v) is 6.17. The molecule has 1 heterocycles. The van der Waals surface area contributed by atoms with Crippen molar-refractivity contribution in [1.29, 1.82) is 0 Å². The van der Waals surface area contributed by atoms with Gasteiger partial charge in [-0.3, -0.25) is 14.4 Å². The second kappa shape index (κ2) is 8.32. The highest BCUT2D eigenvalue weighted by Crippen LogP contribution is 2.28. The number of carboxylic acids is 1. The van der Waals surface area contributed by atoms with E-state index >= 15 is 0 Å². The predicted octanol–water partition coefficient (Wildman–Crippen LogP) is 0.703. The number of anilines is 1. The Morgan fingerprint density at radius 3 is 2.73 bits per heavy atom. The molecule has 6 N–H and O–H groups in total. The fourth-order valence-electron chi connectivity index (χ4n) is 2.77. The summed E-state index contributed by atoms with van der Waals surface area (Å²) >= 11 is 0. The number of nitrogens with zero attached hydrogens (tertiary/aromatic N) is 2. The number of carbonyl (C=O) groups excluding carboxylic acids is 2. The van der Waals surface area contributed by atoms with E-state index in [9.17, 15) is 14.4 Å². The van der Waals surface area contributed by atoms with Crippen LogP contribution in [0.2, 0.25) is 0 Å². The van der Waals surface area contributed by atoms with E-state index in [1.165, 1.54) is 5.01 Å². The molecule has 1 aromatic rings. The molecule has 9 nitrogen and oxygen atoms in total. The highest BCUT2D eigenvalue weighted by Gasteiger charge is 2.29. The van der Waals surface area contributed by atoms with Gasteiger partial charge in [0.2, 0.25) is 11.9 Å². The second-order valence-electron chi connectivity index (χ2n) is 6.17. The Morgan fingerprint density at radius 1 is 1.38 bits per heavy atom. The average Bonchev–Trinajstić information content (AvgIpc) is 2.57. The first-order valence-electron chi connectivity index (χ1n) is 8.38. The van der Waals surface area contributed by atoms with Gasteiger partial charge in [0, 0.05) is 17.8 Å². The molecule has 0 saturated carbocycles. The normalized spacial score (nSPS) is 15.6. The Hall–Kier alpha value is -3.10. The fraction of sp³-hybridized carbons (Fsp3) is 0.412. The summed E-state index contributed by atoms with van der Waals surface area (Å²) in [6, 6.07) is 4.90. The van der Waals surface area contributed by atoms with Crippen molar-refractivity contribution in [2.75, 3.05) is 11.9 Å². The fourth-order valence-corrected chi connectivity index (χ4v) is 2.77. The van der Waals surface area contributed by atoms with Gasteiger partial charge in [0.05, 0.1) is 12.3 Å². The maximum absolute atomic E-state index is 12.7. The average molecular weight is 361 g/mol. The van der Waals surface area contributed by atoms with E-state index in [-0.39, 0.29) is 24.2 Å². The zero-order valence-electron chi connectivity index (χ0n) is 14.6. The molecule has 1 aliphatic heterocycles. The Bertz CT molecular complexity index is 743. The topological polar surface area (TPSA) is 151 Å². The molecular formula is C17H23N5O4. The molecule has 0 aromatic heterocycles. The largest absolute Gasteiger partial charge is 0.481 e. The number of hydrogen-bond donors (Lipinski definition) is 4. The van der Waals surface area contributed by atoms with Gasteiger partial charge < -0.3 is 21.9 Å². The van der Waals surface area contributed by atoms with Crippen molar-refractivity contribution >= 4 is 29.4 Å². The lowest BCUT2D eigenvalue weighted by Crippen LogP contribution is -2.34. The number of aliphatic carboxylic acids is 1. The van der Waals surface area contributed by atoms with Crippen LogP contribution in [0.15, 0.2) is 23.3 Å². The van der Waals surface area contributed by atoms with E-state index in [1.807, 2.05) is 6.92 Å². The highest BCUT2D eigenvalue weighted by molar-refractivity contribution is 6.00. The number of guanidine groups is 1. The quantitative estimate of drug-likeness (QED) is 0.319. The summed E-state index contributed by atoms with van der Waals surface area (Å²) in [5.41, 5.74) is 12.4. The number of amides is 2. The van der Waals surface area contributed by atoms with Crippen molar-refractivity contribution in [3.63, 3.8) is 0 Å². The molecular weight excluding hydrogens is 338 g/mol. The number of rotatable bonds is 7. The van der Waals surface area contributed by atoms with Crippen LogP contribution >= 0.6 is 0 Å². The maximum Gasteiger partial charge on any atom is 0.304 e. The standard InChI is InChI=1S/C17H23N5O4/c1-2-3-6-22(21-17(18)19)16(26)11-5-4-10-7-12(9-14(23)24)15(25)20-13(10)8-11/h4-5,8,12H,2-3,6-7,9H2,1H3,(H,20,25)(H,23,24)(H4,18,19,21). The number of unbranched alkanes of at least 4 members (excludes halogenated alkanes) is 1. The number of nitrogens with two attached hydrogens (primary N) is 2. The van der Waals surface area contributed by atoms with Crippen LogP contribution < -0.4 is 16.8 Å². The third-order valence-electron chi connectivity index (χ3n) is 4.07. The lowest BCUT2D eigenvalue weighted by molar-refractivity contribution is -0.140. The van der Waals surface area contributed by atoms with E-state index in [4.69, 9.17) is 16.6 Å². The lowest BCUT2D eigenvalue weighted by atomic mass is 9.90. The first kappa shape index (κ1) is 19.2. The zero-order valence-corrected chi connectivity index (χ0v) is 14.6. The summed E-state index contributed by atoms with van der Waals surface area (Å²) < 4.78 is 0. The van der Waals surface area contributed by atoms with E-state index < -0.39 is 11.9 Å². The Morgan fingerprint density at radius 2 is 2.12 bits per heavy atom. The minimum absolute atomic E-state index is 0.211. The molecule has 1 aliphatic rings. The Labute approximate surface area is 151 Å². The third-order valence-corrected chi connectivity index (χ3v) is 4.07. The predicted molar refractivity (Wildman–Crippen MR) is 96.3 cm³/mol. The molecule has 0 spiro atoms. The van der Waals surface area contributed by atoms with Crippen molar-refractivity contribution in [3.8, 4) is 0 Å². The Balaban J connectivity index is 2.23. The summed E-state index contributed by atoms with van der Waals surface area (Å²) in [5.74, 6) is -2.60. The van der Waals surface area contributed by atoms with E-state index in [0.717, 1.165) is 18.4 Å². The van der Waals surface area contributed by atoms with Crippen molar-refractivity contribution in [2.45, 2.75) is 32.6 Å². The van der Waals surface area contributed by atoms with E-state index in [0.29, 0.717) is 24.2 Å². The van der Waals surface area contributed by atoms with Gasteiger partial charge in [0.1, 0.15) is 0 Å². The Kier molecular flexibility index (Phi) is 6.16. The number of carbonyl (C=O) groups is 3. The van der Waals surface area contributed by atoms with Gasteiger partial charge in [-0.1, -0.05) is 19.4 Å². The summed E-state index contributed by atoms with van der Waals surface area (Å²) in [7, 11) is 0. The van der Waals surface area contributed by atoms with E-state index in [1.54, 1.807) is 18.2 Å². The summed E-state index contributed by atoms with van der Waals surface area (Å²) in [5, 5.41) is 16.6. The van der Waals surface area contributed by atoms with Gasteiger partial charge in [-0.15, -0.1) is 5.10 Å². The molecule has 2 amide bonds. The molecule has 1 unspecified atom stereocenters. The monoisotopic (exact) mass is 361 g/mol. The SMILES string of the molecule is CCCCN(N=C(N)N)C(=O)c1ccc2c(c1)NC(=O)C(CC(=O)O)C2. The summed E-state index contributed by atoms with van der Waals surface area (Å²) in [6.45, 7) is 2.36. The molecule has 0 saturated heterocycles. The first-order valence-corrected chi connectivity index (χ1v) is 8.38. The smallest absolute Gasteiger partial charge is 0.304 e. The molecule has 9 heteroatoms. The van der Waals surface area contributed by atoms with Gasteiger partial charge in [0.15, 0.2) is 0 Å².